The SMILES string of the molecule is CCCOc1ccc([C@H]2C(C(=O)O)[C@@H](c3cc4c(cc3F)OCO4)CN2CC(=O)Nc2c(CC)cc(F)cc2CC)c(F)c1. The van der Waals surface area contributed by atoms with Crippen LogP contribution in [0.5, 0.6) is 17.2 Å². The molecule has 1 saturated heterocycles. The minimum Gasteiger partial charge on any atom is -0.494 e. The third kappa shape index (κ3) is 6.19. The molecule has 1 unspecified atom stereocenters. The number of hydrogen-bond donors (Lipinski definition) is 2. The summed E-state index contributed by atoms with van der Waals surface area (Å²) in [6, 6.07) is 8.36. The number of carboxylic acids is 1. The maximum atomic E-state index is 15.7. The number of likely N-dealkylation sites (tertiary alicyclic amines) is 1. The van der Waals surface area contributed by atoms with E-state index in [4.69, 9.17) is 14.2 Å². The number of rotatable bonds is 11. The van der Waals surface area contributed by atoms with Gasteiger partial charge in [0.2, 0.25) is 12.7 Å². The van der Waals surface area contributed by atoms with Gasteiger partial charge in [-0.25, -0.2) is 13.2 Å². The van der Waals surface area contributed by atoms with Crippen LogP contribution in [-0.4, -0.2) is 48.4 Å². The molecule has 234 valence electrons. The van der Waals surface area contributed by atoms with Crippen LogP contribution in [0.1, 0.15) is 61.4 Å². The fraction of sp³-hybridized carbons (Fsp3) is 0.394. The van der Waals surface area contributed by atoms with Crippen molar-refractivity contribution in [2.45, 2.75) is 52.0 Å². The van der Waals surface area contributed by atoms with Crippen molar-refractivity contribution >= 4 is 17.6 Å². The number of anilines is 1. The molecule has 1 fully saturated rings. The van der Waals surface area contributed by atoms with Gasteiger partial charge in [0.05, 0.1) is 25.1 Å². The Kier molecular flexibility index (Phi) is 9.33. The van der Waals surface area contributed by atoms with Crippen molar-refractivity contribution in [3.8, 4) is 17.2 Å². The molecule has 3 aromatic carbocycles. The van der Waals surface area contributed by atoms with Crippen molar-refractivity contribution in [2.24, 2.45) is 5.92 Å². The van der Waals surface area contributed by atoms with Crippen LogP contribution in [0.25, 0.3) is 0 Å². The number of aryl methyl sites for hydroxylation is 2. The highest BCUT2D eigenvalue weighted by Crippen LogP contribution is 2.49. The number of carboxylic acid groups (broad SMARTS) is 1. The van der Waals surface area contributed by atoms with Gasteiger partial charge >= 0.3 is 5.97 Å². The molecule has 11 heteroatoms. The zero-order valence-electron chi connectivity index (χ0n) is 24.8. The monoisotopic (exact) mass is 612 g/mol. The molecule has 1 amide bonds. The van der Waals surface area contributed by atoms with Gasteiger partial charge in [-0.2, -0.15) is 0 Å². The number of benzene rings is 3. The van der Waals surface area contributed by atoms with Crippen molar-refractivity contribution in [3.05, 3.63) is 82.2 Å². The van der Waals surface area contributed by atoms with Gasteiger partial charge in [-0.15, -0.1) is 0 Å². The number of nitrogens with one attached hydrogen (secondary N) is 1. The first-order valence-electron chi connectivity index (χ1n) is 14.7. The molecule has 44 heavy (non-hydrogen) atoms. The smallest absolute Gasteiger partial charge is 0.309 e. The Morgan fingerprint density at radius 1 is 0.955 bits per heavy atom. The topological polar surface area (TPSA) is 97.3 Å². The molecule has 0 radical (unpaired) electrons. The Balaban J connectivity index is 1.53. The van der Waals surface area contributed by atoms with Gasteiger partial charge in [0.25, 0.3) is 0 Å². The van der Waals surface area contributed by atoms with E-state index in [1.807, 2.05) is 20.8 Å². The molecular weight excluding hydrogens is 577 g/mol. The Hall–Kier alpha value is -4.25. The van der Waals surface area contributed by atoms with E-state index in [9.17, 15) is 19.1 Å². The summed E-state index contributed by atoms with van der Waals surface area (Å²) in [5.41, 5.74) is 1.84. The molecule has 3 aromatic rings. The molecule has 5 rings (SSSR count). The van der Waals surface area contributed by atoms with Crippen LogP contribution in [0.15, 0.2) is 42.5 Å². The van der Waals surface area contributed by atoms with Crippen LogP contribution in [0, 0.1) is 23.4 Å². The average molecular weight is 613 g/mol. The van der Waals surface area contributed by atoms with Gasteiger partial charge in [-0.3, -0.25) is 14.5 Å². The molecule has 2 aliphatic heterocycles. The van der Waals surface area contributed by atoms with E-state index in [1.54, 1.807) is 11.0 Å². The summed E-state index contributed by atoms with van der Waals surface area (Å²) >= 11 is 0. The molecule has 8 nitrogen and oxygen atoms in total. The fourth-order valence-electron chi connectivity index (χ4n) is 6.16. The second kappa shape index (κ2) is 13.2. The standard InChI is InChI=1S/C33H35F3N2O6/c1-4-9-42-21-7-8-22(25(35)12-21)32-30(33(40)41)24(23-13-27-28(14-26(23)36)44-17-43-27)15-38(32)16-29(39)37-31-18(5-2)10-20(34)11-19(31)6-3/h7-8,10-14,24,30,32H,4-6,9,15-17H2,1-3H3,(H,37,39)(H,40,41)/t24-,30?,32+/m1/s1. The highest BCUT2D eigenvalue weighted by Gasteiger charge is 2.49. The van der Waals surface area contributed by atoms with E-state index in [2.05, 4.69) is 5.32 Å². The minimum atomic E-state index is -1.32. The van der Waals surface area contributed by atoms with E-state index < -0.39 is 47.2 Å². The molecule has 0 aromatic heterocycles. The third-order valence-electron chi connectivity index (χ3n) is 8.18. The lowest BCUT2D eigenvalue weighted by atomic mass is 9.82. The number of ether oxygens (including phenoxy) is 3. The first-order valence-corrected chi connectivity index (χ1v) is 14.7. The zero-order chi connectivity index (χ0) is 31.5. The molecule has 0 aliphatic carbocycles. The normalized spacial score (nSPS) is 19.3. The Bertz CT molecular complexity index is 1540. The molecule has 0 bridgehead atoms. The Morgan fingerprint density at radius 3 is 2.23 bits per heavy atom. The molecular formula is C33H35F3N2O6. The molecule has 0 saturated carbocycles. The van der Waals surface area contributed by atoms with E-state index >= 15 is 8.78 Å². The summed E-state index contributed by atoms with van der Waals surface area (Å²) in [5, 5.41) is 13.4. The summed E-state index contributed by atoms with van der Waals surface area (Å²) in [4.78, 5) is 28.0. The molecule has 2 N–H and O–H groups in total. The van der Waals surface area contributed by atoms with Crippen LogP contribution < -0.4 is 19.5 Å². The maximum absolute atomic E-state index is 15.7. The van der Waals surface area contributed by atoms with Crippen molar-refractivity contribution < 1.29 is 42.1 Å². The first-order chi connectivity index (χ1) is 21.1. The molecule has 0 spiro atoms. The number of carbonyl (C=O) groups is 2. The molecule has 3 atom stereocenters. The van der Waals surface area contributed by atoms with Crippen LogP contribution in [0.4, 0.5) is 18.9 Å². The first kappa shape index (κ1) is 31.2. The lowest BCUT2D eigenvalue weighted by molar-refractivity contribution is -0.143. The lowest BCUT2D eigenvalue weighted by Crippen LogP contribution is -2.36. The number of amides is 1. The second-order valence-electron chi connectivity index (χ2n) is 11.0. The summed E-state index contributed by atoms with van der Waals surface area (Å²) in [5.74, 6) is -5.08. The molecule has 2 aliphatic rings. The summed E-state index contributed by atoms with van der Waals surface area (Å²) in [6.45, 7) is 5.50. The fourth-order valence-corrected chi connectivity index (χ4v) is 6.16. The van der Waals surface area contributed by atoms with Gasteiger partial charge in [0, 0.05) is 35.8 Å². The summed E-state index contributed by atoms with van der Waals surface area (Å²) in [7, 11) is 0. The second-order valence-corrected chi connectivity index (χ2v) is 11.0. The quantitative estimate of drug-likeness (QED) is 0.265. The van der Waals surface area contributed by atoms with Crippen LogP contribution in [-0.2, 0) is 22.4 Å². The van der Waals surface area contributed by atoms with Gasteiger partial charge in [-0.1, -0.05) is 26.8 Å². The van der Waals surface area contributed by atoms with Crippen molar-refractivity contribution in [1.82, 2.24) is 4.90 Å². The van der Waals surface area contributed by atoms with E-state index in [0.29, 0.717) is 42.7 Å². The van der Waals surface area contributed by atoms with E-state index in [1.165, 1.54) is 30.3 Å². The molecule has 2 heterocycles. The van der Waals surface area contributed by atoms with Crippen LogP contribution in [0.2, 0.25) is 0 Å². The predicted octanol–water partition coefficient (Wildman–Crippen LogP) is 6.23. The summed E-state index contributed by atoms with van der Waals surface area (Å²) in [6.07, 6.45) is 1.65. The lowest BCUT2D eigenvalue weighted by Gasteiger charge is -2.27. The van der Waals surface area contributed by atoms with E-state index in [-0.39, 0.29) is 48.3 Å². The van der Waals surface area contributed by atoms with Crippen molar-refractivity contribution in [2.75, 3.05) is 31.8 Å². The highest BCUT2D eigenvalue weighted by molar-refractivity contribution is 5.94. The van der Waals surface area contributed by atoms with Crippen LogP contribution >= 0.6 is 0 Å². The highest BCUT2D eigenvalue weighted by atomic mass is 19.1. The number of halogens is 3. The van der Waals surface area contributed by atoms with Gasteiger partial charge < -0.3 is 24.6 Å². The number of fused-ring (bicyclic) bond motifs is 1. The number of hydrogen-bond acceptors (Lipinski definition) is 6. The largest absolute Gasteiger partial charge is 0.494 e. The van der Waals surface area contributed by atoms with Crippen LogP contribution in [0.3, 0.4) is 0 Å². The Labute approximate surface area is 253 Å². The minimum absolute atomic E-state index is 0.0444. The third-order valence-corrected chi connectivity index (χ3v) is 8.18. The van der Waals surface area contributed by atoms with Crippen molar-refractivity contribution in [1.29, 1.82) is 0 Å². The van der Waals surface area contributed by atoms with E-state index in [0.717, 1.165) is 6.07 Å². The van der Waals surface area contributed by atoms with Gasteiger partial charge in [0.15, 0.2) is 11.5 Å². The number of nitrogens with zero attached hydrogens (tertiary/aromatic N) is 1. The summed E-state index contributed by atoms with van der Waals surface area (Å²) < 4.78 is 61.6. The van der Waals surface area contributed by atoms with Gasteiger partial charge in [0.1, 0.15) is 23.2 Å². The predicted molar refractivity (Wildman–Crippen MR) is 157 cm³/mol. The van der Waals surface area contributed by atoms with Gasteiger partial charge in [-0.05, 0) is 60.2 Å². The zero-order valence-corrected chi connectivity index (χ0v) is 24.8. The number of aliphatic carboxylic acids is 1. The maximum Gasteiger partial charge on any atom is 0.309 e. The Morgan fingerprint density at radius 2 is 1.61 bits per heavy atom. The van der Waals surface area contributed by atoms with Crippen molar-refractivity contribution in [3.63, 3.8) is 0 Å². The number of carbonyl (C=O) groups excluding carboxylic acids is 1. The average Bonchev–Trinajstić information content (AvgIpc) is 3.60.